The van der Waals surface area contributed by atoms with E-state index in [1.54, 1.807) is 36.4 Å². The van der Waals surface area contributed by atoms with Gasteiger partial charge in [0.05, 0.1) is 17.1 Å². The second-order valence-electron chi connectivity index (χ2n) is 6.53. The van der Waals surface area contributed by atoms with Crippen molar-refractivity contribution < 1.29 is 14.3 Å². The van der Waals surface area contributed by atoms with Crippen LogP contribution in [-0.4, -0.2) is 35.5 Å². The molecule has 9 heteroatoms. The molecule has 0 aromatic heterocycles. The highest BCUT2D eigenvalue weighted by Gasteiger charge is 2.35. The summed E-state index contributed by atoms with van der Waals surface area (Å²) in [5.41, 5.74) is 2.00. The van der Waals surface area contributed by atoms with Crippen LogP contribution in [0.5, 0.6) is 0 Å². The highest BCUT2D eigenvalue weighted by molar-refractivity contribution is 6.36. The predicted octanol–water partition coefficient (Wildman–Crippen LogP) is 4.87. The van der Waals surface area contributed by atoms with Crippen molar-refractivity contribution >= 4 is 58.2 Å². The molecule has 6 nitrogen and oxygen atoms in total. The lowest BCUT2D eigenvalue weighted by molar-refractivity contribution is -0.135. The molecule has 1 unspecified atom stereocenters. The molecule has 152 valence electrons. The van der Waals surface area contributed by atoms with Gasteiger partial charge in [0, 0.05) is 29.6 Å². The Labute approximate surface area is 183 Å². The lowest BCUT2D eigenvalue weighted by Gasteiger charge is -2.28. The van der Waals surface area contributed by atoms with Crippen LogP contribution < -0.4 is 4.90 Å². The number of carbonyl (C=O) groups excluding carboxylic acids is 2. The maximum absolute atomic E-state index is 12.3. The molecular formula is C20H18Cl3N3O3. The summed E-state index contributed by atoms with van der Waals surface area (Å²) in [7, 11) is 0. The van der Waals surface area contributed by atoms with E-state index in [2.05, 4.69) is 5.10 Å². The number of aryl methyl sites for hydroxylation is 1. The third-order valence-corrected chi connectivity index (χ3v) is 5.15. The lowest BCUT2D eigenvalue weighted by atomic mass is 10.1. The summed E-state index contributed by atoms with van der Waals surface area (Å²) in [4.78, 5) is 26.0. The van der Waals surface area contributed by atoms with Crippen LogP contribution in [0, 0.1) is 6.92 Å². The number of hydrazone groups is 1. The van der Waals surface area contributed by atoms with Crippen LogP contribution in [0.4, 0.5) is 5.69 Å². The number of anilines is 1. The van der Waals surface area contributed by atoms with E-state index < -0.39 is 6.23 Å². The number of halogens is 3. The Morgan fingerprint density at radius 1 is 1.10 bits per heavy atom. The number of rotatable bonds is 4. The molecule has 1 heterocycles. The SMILES string of the molecule is CC(=O)N(CC1OC(c2ccc(Cl)cc2Cl)=NN1C(C)=O)c1ccc(Cl)cc1C. The molecule has 2 aromatic carbocycles. The molecule has 0 N–H and O–H groups in total. The highest BCUT2D eigenvalue weighted by atomic mass is 35.5. The molecule has 2 amide bonds. The Kier molecular flexibility index (Phi) is 6.36. The number of ether oxygens (including phenoxy) is 1. The summed E-state index contributed by atoms with van der Waals surface area (Å²) >= 11 is 18.2. The Morgan fingerprint density at radius 2 is 1.76 bits per heavy atom. The Hall–Kier alpha value is -2.28. The van der Waals surface area contributed by atoms with Gasteiger partial charge in [-0.15, -0.1) is 5.10 Å². The van der Waals surface area contributed by atoms with Gasteiger partial charge in [-0.1, -0.05) is 34.8 Å². The van der Waals surface area contributed by atoms with Gasteiger partial charge in [-0.25, -0.2) is 0 Å². The van der Waals surface area contributed by atoms with Crippen molar-refractivity contribution in [3.63, 3.8) is 0 Å². The normalized spacial score (nSPS) is 15.7. The quantitative estimate of drug-likeness (QED) is 0.662. The van der Waals surface area contributed by atoms with Crippen molar-refractivity contribution in [2.24, 2.45) is 5.10 Å². The minimum absolute atomic E-state index is 0.0790. The standard InChI is InChI=1S/C20H18Cl3N3O3/c1-11-8-14(21)5-7-18(11)25(12(2)27)10-19-26(13(3)28)24-20(29-19)16-6-4-15(22)9-17(16)23/h4-9,19H,10H2,1-3H3. The maximum Gasteiger partial charge on any atom is 0.243 e. The first-order chi connectivity index (χ1) is 13.7. The van der Waals surface area contributed by atoms with Gasteiger partial charge < -0.3 is 9.64 Å². The minimum atomic E-state index is -0.812. The first-order valence-corrected chi connectivity index (χ1v) is 9.85. The molecule has 0 bridgehead atoms. The smallest absolute Gasteiger partial charge is 0.243 e. The van der Waals surface area contributed by atoms with Crippen molar-refractivity contribution in [1.29, 1.82) is 0 Å². The molecule has 3 rings (SSSR count). The molecule has 1 aliphatic rings. The van der Waals surface area contributed by atoms with Crippen molar-refractivity contribution in [3.05, 3.63) is 62.6 Å². The zero-order valence-corrected chi connectivity index (χ0v) is 18.2. The third kappa shape index (κ3) is 4.66. The van der Waals surface area contributed by atoms with Gasteiger partial charge in [0.2, 0.25) is 23.9 Å². The fraction of sp³-hybridized carbons (Fsp3) is 0.250. The zero-order chi connectivity index (χ0) is 21.3. The second-order valence-corrected chi connectivity index (χ2v) is 7.81. The molecule has 29 heavy (non-hydrogen) atoms. The van der Waals surface area contributed by atoms with Crippen LogP contribution in [-0.2, 0) is 14.3 Å². The van der Waals surface area contributed by atoms with Crippen LogP contribution >= 0.6 is 34.8 Å². The summed E-state index contributed by atoms with van der Waals surface area (Å²) in [5, 5.41) is 6.84. The van der Waals surface area contributed by atoms with E-state index >= 15 is 0 Å². The Bertz CT molecular complexity index is 1010. The minimum Gasteiger partial charge on any atom is -0.448 e. The van der Waals surface area contributed by atoms with Crippen molar-refractivity contribution in [2.75, 3.05) is 11.4 Å². The maximum atomic E-state index is 12.3. The number of amides is 2. The van der Waals surface area contributed by atoms with E-state index in [9.17, 15) is 9.59 Å². The summed E-state index contributed by atoms with van der Waals surface area (Å²) in [5.74, 6) is -0.352. The van der Waals surface area contributed by atoms with Gasteiger partial charge in [-0.2, -0.15) is 5.01 Å². The van der Waals surface area contributed by atoms with E-state index in [1.165, 1.54) is 23.8 Å². The summed E-state index contributed by atoms with van der Waals surface area (Å²) < 4.78 is 5.92. The molecule has 0 spiro atoms. The molecule has 0 fully saturated rings. The Balaban J connectivity index is 1.91. The van der Waals surface area contributed by atoms with Crippen molar-refractivity contribution in [3.8, 4) is 0 Å². The molecule has 0 saturated carbocycles. The fourth-order valence-corrected chi connectivity index (χ4v) is 3.72. The number of hydrogen-bond donors (Lipinski definition) is 0. The third-order valence-electron chi connectivity index (χ3n) is 4.37. The fourth-order valence-electron chi connectivity index (χ4n) is 3.01. The Morgan fingerprint density at radius 3 is 2.34 bits per heavy atom. The largest absolute Gasteiger partial charge is 0.448 e. The van der Waals surface area contributed by atoms with Crippen molar-refractivity contribution in [2.45, 2.75) is 27.0 Å². The number of nitrogens with zero attached hydrogens (tertiary/aromatic N) is 3. The van der Waals surface area contributed by atoms with Gasteiger partial charge in [0.1, 0.15) is 0 Å². The van der Waals surface area contributed by atoms with Crippen LogP contribution in [0.15, 0.2) is 41.5 Å². The van der Waals surface area contributed by atoms with Gasteiger partial charge >= 0.3 is 0 Å². The van der Waals surface area contributed by atoms with Gasteiger partial charge in [0.15, 0.2) is 0 Å². The average Bonchev–Trinajstić information content (AvgIpc) is 3.04. The van der Waals surface area contributed by atoms with Crippen LogP contribution in [0.2, 0.25) is 15.1 Å². The van der Waals surface area contributed by atoms with Crippen LogP contribution in [0.1, 0.15) is 25.0 Å². The highest BCUT2D eigenvalue weighted by Crippen LogP contribution is 2.29. The predicted molar refractivity (Wildman–Crippen MR) is 115 cm³/mol. The summed E-state index contributed by atoms with van der Waals surface area (Å²) in [6, 6.07) is 10.1. The zero-order valence-electron chi connectivity index (χ0n) is 15.9. The van der Waals surface area contributed by atoms with E-state index in [0.29, 0.717) is 26.3 Å². The molecule has 0 saturated heterocycles. The number of carbonyl (C=O) groups is 2. The lowest BCUT2D eigenvalue weighted by Crippen LogP contribution is -2.44. The molecule has 0 radical (unpaired) electrons. The average molecular weight is 455 g/mol. The van der Waals surface area contributed by atoms with E-state index in [4.69, 9.17) is 39.5 Å². The first kappa shape index (κ1) is 21.4. The summed E-state index contributed by atoms with van der Waals surface area (Å²) in [6.07, 6.45) is -0.812. The molecular weight excluding hydrogens is 437 g/mol. The monoisotopic (exact) mass is 453 g/mol. The van der Waals surface area contributed by atoms with Gasteiger partial charge in [-0.05, 0) is 48.9 Å². The van der Waals surface area contributed by atoms with E-state index in [0.717, 1.165) is 5.56 Å². The molecule has 2 aromatic rings. The van der Waals surface area contributed by atoms with E-state index in [1.807, 2.05) is 6.92 Å². The van der Waals surface area contributed by atoms with Crippen LogP contribution in [0.25, 0.3) is 0 Å². The molecule has 1 aliphatic heterocycles. The molecule has 0 aliphatic carbocycles. The first-order valence-electron chi connectivity index (χ1n) is 8.72. The van der Waals surface area contributed by atoms with Crippen LogP contribution in [0.3, 0.4) is 0 Å². The van der Waals surface area contributed by atoms with Gasteiger partial charge in [-0.3, -0.25) is 9.59 Å². The number of benzene rings is 2. The van der Waals surface area contributed by atoms with Crippen molar-refractivity contribution in [1.82, 2.24) is 5.01 Å². The second kappa shape index (κ2) is 8.61. The topological polar surface area (TPSA) is 62.2 Å². The number of hydrogen-bond acceptors (Lipinski definition) is 4. The van der Waals surface area contributed by atoms with Gasteiger partial charge in [0.25, 0.3) is 0 Å². The summed E-state index contributed by atoms with van der Waals surface area (Å²) in [6.45, 7) is 4.75. The van der Waals surface area contributed by atoms with E-state index in [-0.39, 0.29) is 24.3 Å². The molecule has 1 atom stereocenters.